The smallest absolute Gasteiger partial charge is 0.0431 e. The predicted octanol–water partition coefficient (Wildman–Crippen LogP) is 2.41. The lowest BCUT2D eigenvalue weighted by atomic mass is 9.94. The first-order valence-corrected chi connectivity index (χ1v) is 6.15. The van der Waals surface area contributed by atoms with Gasteiger partial charge in [0.25, 0.3) is 0 Å². The highest BCUT2D eigenvalue weighted by atomic mass is 16.2. The Morgan fingerprint density at radius 3 is 2.43 bits per heavy atom. The zero-order valence-electron chi connectivity index (χ0n) is 9.54. The van der Waals surface area contributed by atoms with Crippen LogP contribution in [0.5, 0.6) is 0 Å². The molecule has 0 unspecified atom stereocenters. The molecule has 14 heavy (non-hydrogen) atoms. The molecule has 0 aromatic rings. The van der Waals surface area contributed by atoms with E-state index < -0.39 is 0 Å². The molecule has 1 aliphatic rings. The molecule has 2 heteroatoms. The van der Waals surface area contributed by atoms with E-state index in [2.05, 4.69) is 11.9 Å². The molecule has 1 fully saturated rings. The summed E-state index contributed by atoms with van der Waals surface area (Å²) in [5.74, 6) is 0. The summed E-state index contributed by atoms with van der Waals surface area (Å²) in [6, 6.07) is 0.845. The summed E-state index contributed by atoms with van der Waals surface area (Å²) >= 11 is 0. The van der Waals surface area contributed by atoms with E-state index in [9.17, 15) is 0 Å². The van der Waals surface area contributed by atoms with Crippen molar-refractivity contribution in [3.63, 3.8) is 0 Å². The Bertz CT molecular complexity index is 132. The number of aliphatic hydroxyl groups excluding tert-OH is 1. The fourth-order valence-electron chi connectivity index (χ4n) is 2.35. The summed E-state index contributed by atoms with van der Waals surface area (Å²) in [4.78, 5) is 2.52. The predicted molar refractivity (Wildman–Crippen MR) is 60.4 cm³/mol. The molecule has 0 spiro atoms. The lowest BCUT2D eigenvalue weighted by Gasteiger charge is -2.31. The van der Waals surface area contributed by atoms with Gasteiger partial charge in [-0.25, -0.2) is 0 Å². The van der Waals surface area contributed by atoms with Crippen molar-refractivity contribution < 1.29 is 5.11 Å². The second-order valence-corrected chi connectivity index (χ2v) is 4.56. The number of unbranched alkanes of at least 4 members (excludes halogenated alkanes) is 2. The molecule has 84 valence electrons. The van der Waals surface area contributed by atoms with Gasteiger partial charge in [0, 0.05) is 12.6 Å². The fraction of sp³-hybridized carbons (Fsp3) is 1.00. The molecule has 0 heterocycles. The Hall–Kier alpha value is -0.0800. The third-order valence-corrected chi connectivity index (χ3v) is 3.37. The van der Waals surface area contributed by atoms with Gasteiger partial charge in [-0.05, 0) is 45.7 Å². The van der Waals surface area contributed by atoms with E-state index in [0.29, 0.717) is 6.61 Å². The van der Waals surface area contributed by atoms with Crippen LogP contribution in [0.3, 0.4) is 0 Å². The monoisotopic (exact) mass is 199 g/mol. The Balaban J connectivity index is 2.04. The molecular formula is C12H25NO. The third kappa shape index (κ3) is 4.43. The molecule has 1 saturated carbocycles. The summed E-state index contributed by atoms with van der Waals surface area (Å²) in [5.41, 5.74) is 0. The van der Waals surface area contributed by atoms with Crippen LogP contribution in [-0.2, 0) is 0 Å². The van der Waals surface area contributed by atoms with Crippen molar-refractivity contribution in [1.29, 1.82) is 0 Å². The lowest BCUT2D eigenvalue weighted by Crippen LogP contribution is -2.34. The number of nitrogens with zero attached hydrogens (tertiary/aromatic N) is 1. The second-order valence-electron chi connectivity index (χ2n) is 4.56. The topological polar surface area (TPSA) is 23.5 Å². The molecule has 1 aliphatic carbocycles. The average molecular weight is 199 g/mol. The van der Waals surface area contributed by atoms with Crippen LogP contribution < -0.4 is 0 Å². The first-order chi connectivity index (χ1) is 6.84. The Kier molecular flexibility index (Phi) is 6.20. The van der Waals surface area contributed by atoms with Crippen LogP contribution >= 0.6 is 0 Å². The van der Waals surface area contributed by atoms with Gasteiger partial charge >= 0.3 is 0 Å². The molecule has 0 amide bonds. The number of hydrogen-bond acceptors (Lipinski definition) is 2. The maximum atomic E-state index is 8.67. The average Bonchev–Trinajstić information content (AvgIpc) is 2.25. The molecule has 0 atom stereocenters. The molecule has 0 radical (unpaired) electrons. The summed E-state index contributed by atoms with van der Waals surface area (Å²) < 4.78 is 0. The number of aliphatic hydroxyl groups is 1. The van der Waals surface area contributed by atoms with Crippen LogP contribution in [0.15, 0.2) is 0 Å². The van der Waals surface area contributed by atoms with Gasteiger partial charge in [-0.1, -0.05) is 19.3 Å². The van der Waals surface area contributed by atoms with Crippen molar-refractivity contribution in [2.75, 3.05) is 20.2 Å². The van der Waals surface area contributed by atoms with Gasteiger partial charge in [0.15, 0.2) is 0 Å². The Labute approximate surface area is 88.3 Å². The quantitative estimate of drug-likeness (QED) is 0.664. The highest BCUT2D eigenvalue weighted by Gasteiger charge is 2.16. The van der Waals surface area contributed by atoms with E-state index in [1.807, 2.05) is 0 Å². The van der Waals surface area contributed by atoms with E-state index in [1.165, 1.54) is 51.5 Å². The zero-order valence-corrected chi connectivity index (χ0v) is 9.54. The molecule has 0 bridgehead atoms. The van der Waals surface area contributed by atoms with Gasteiger partial charge in [0.1, 0.15) is 0 Å². The van der Waals surface area contributed by atoms with E-state index in [1.54, 1.807) is 0 Å². The van der Waals surface area contributed by atoms with Gasteiger partial charge in [-0.3, -0.25) is 0 Å². The normalized spacial score (nSPS) is 19.1. The van der Waals surface area contributed by atoms with E-state index in [0.717, 1.165) is 12.5 Å². The van der Waals surface area contributed by atoms with E-state index in [-0.39, 0.29) is 0 Å². The largest absolute Gasteiger partial charge is 0.396 e. The third-order valence-electron chi connectivity index (χ3n) is 3.37. The summed E-state index contributed by atoms with van der Waals surface area (Å²) in [6.45, 7) is 1.57. The highest BCUT2D eigenvalue weighted by Crippen LogP contribution is 2.21. The van der Waals surface area contributed by atoms with Crippen LogP contribution in [0.4, 0.5) is 0 Å². The van der Waals surface area contributed by atoms with Crippen molar-refractivity contribution in [2.45, 2.75) is 57.4 Å². The van der Waals surface area contributed by atoms with Gasteiger partial charge in [-0.2, -0.15) is 0 Å². The Morgan fingerprint density at radius 2 is 1.79 bits per heavy atom. The van der Waals surface area contributed by atoms with Crippen LogP contribution in [-0.4, -0.2) is 36.2 Å². The molecule has 1 rings (SSSR count). The minimum Gasteiger partial charge on any atom is -0.396 e. The first kappa shape index (κ1) is 12.0. The minimum atomic E-state index is 0.354. The standard InChI is InChI=1S/C12H25NO/c1-13(10-6-3-7-11-14)12-8-4-2-5-9-12/h12,14H,2-11H2,1H3. The Morgan fingerprint density at radius 1 is 1.07 bits per heavy atom. The molecule has 0 aromatic carbocycles. The van der Waals surface area contributed by atoms with Gasteiger partial charge in [0.05, 0.1) is 0 Å². The molecule has 1 N–H and O–H groups in total. The molecular weight excluding hydrogens is 174 g/mol. The van der Waals surface area contributed by atoms with E-state index in [4.69, 9.17) is 5.11 Å². The lowest BCUT2D eigenvalue weighted by molar-refractivity contribution is 0.186. The van der Waals surface area contributed by atoms with Gasteiger partial charge in [0.2, 0.25) is 0 Å². The van der Waals surface area contributed by atoms with Crippen LogP contribution in [0.1, 0.15) is 51.4 Å². The van der Waals surface area contributed by atoms with Crippen molar-refractivity contribution in [3.05, 3.63) is 0 Å². The molecule has 0 aliphatic heterocycles. The van der Waals surface area contributed by atoms with Gasteiger partial charge < -0.3 is 10.0 Å². The van der Waals surface area contributed by atoms with Crippen molar-refractivity contribution in [1.82, 2.24) is 4.90 Å². The number of rotatable bonds is 6. The molecule has 0 aromatic heterocycles. The summed E-state index contributed by atoms with van der Waals surface area (Å²) in [5, 5.41) is 8.67. The van der Waals surface area contributed by atoms with Crippen LogP contribution in [0, 0.1) is 0 Å². The van der Waals surface area contributed by atoms with Crippen LogP contribution in [0.25, 0.3) is 0 Å². The van der Waals surface area contributed by atoms with E-state index >= 15 is 0 Å². The van der Waals surface area contributed by atoms with Crippen molar-refractivity contribution >= 4 is 0 Å². The zero-order chi connectivity index (χ0) is 10.2. The molecule has 2 nitrogen and oxygen atoms in total. The highest BCUT2D eigenvalue weighted by molar-refractivity contribution is 4.73. The number of hydrogen-bond donors (Lipinski definition) is 1. The SMILES string of the molecule is CN(CCCCCO)C1CCCCC1. The first-order valence-electron chi connectivity index (χ1n) is 6.15. The van der Waals surface area contributed by atoms with Crippen LogP contribution in [0.2, 0.25) is 0 Å². The fourth-order valence-corrected chi connectivity index (χ4v) is 2.35. The maximum absolute atomic E-state index is 8.67. The second kappa shape index (κ2) is 7.24. The van der Waals surface area contributed by atoms with Gasteiger partial charge in [-0.15, -0.1) is 0 Å². The summed E-state index contributed by atoms with van der Waals surface area (Å²) in [6.07, 6.45) is 10.5. The maximum Gasteiger partial charge on any atom is 0.0431 e. The summed E-state index contributed by atoms with van der Waals surface area (Å²) in [7, 11) is 2.26. The van der Waals surface area contributed by atoms with Crippen molar-refractivity contribution in [3.8, 4) is 0 Å². The van der Waals surface area contributed by atoms with Crippen molar-refractivity contribution in [2.24, 2.45) is 0 Å². The molecule has 0 saturated heterocycles. The minimum absolute atomic E-state index is 0.354.